The van der Waals surface area contributed by atoms with Crippen LogP contribution in [-0.4, -0.2) is 22.8 Å². The summed E-state index contributed by atoms with van der Waals surface area (Å²) in [5.41, 5.74) is 2.38. The summed E-state index contributed by atoms with van der Waals surface area (Å²) in [6, 6.07) is 1.82. The Balaban J connectivity index is 2.57. The fourth-order valence-corrected chi connectivity index (χ4v) is 1.42. The number of H-pyrrole nitrogens is 1. The summed E-state index contributed by atoms with van der Waals surface area (Å²) < 4.78 is 0. The lowest BCUT2D eigenvalue weighted by Gasteiger charge is -1.99. The average Bonchev–Trinajstić information content (AvgIpc) is 2.61. The van der Waals surface area contributed by atoms with Gasteiger partial charge in [-0.25, -0.2) is 4.98 Å². The molecule has 4 nitrogen and oxygen atoms in total. The zero-order valence-electron chi connectivity index (χ0n) is 7.87. The van der Waals surface area contributed by atoms with E-state index in [2.05, 4.69) is 15.3 Å². The van der Waals surface area contributed by atoms with E-state index in [1.54, 1.807) is 6.20 Å². The number of pyridine rings is 1. The second-order valence-corrected chi connectivity index (χ2v) is 3.02. The number of anilines is 1. The molecule has 0 bridgehead atoms. The second kappa shape index (κ2) is 3.49. The highest BCUT2D eigenvalue weighted by molar-refractivity contribution is 5.93. The van der Waals surface area contributed by atoms with Crippen LogP contribution in [0.4, 0.5) is 5.69 Å². The highest BCUT2D eigenvalue weighted by Crippen LogP contribution is 2.21. The molecule has 0 aromatic carbocycles. The van der Waals surface area contributed by atoms with Gasteiger partial charge in [-0.1, -0.05) is 0 Å². The zero-order valence-corrected chi connectivity index (χ0v) is 7.87. The first-order valence-electron chi connectivity index (χ1n) is 4.51. The van der Waals surface area contributed by atoms with Gasteiger partial charge in [0.15, 0.2) is 6.29 Å². The summed E-state index contributed by atoms with van der Waals surface area (Å²) in [7, 11) is 0. The van der Waals surface area contributed by atoms with Crippen LogP contribution in [0.2, 0.25) is 0 Å². The molecule has 0 fully saturated rings. The second-order valence-electron chi connectivity index (χ2n) is 3.02. The third-order valence-electron chi connectivity index (χ3n) is 2.06. The molecule has 4 heteroatoms. The average molecular weight is 189 g/mol. The fourth-order valence-electron chi connectivity index (χ4n) is 1.42. The minimum Gasteiger partial charge on any atom is -0.384 e. The number of aromatic nitrogens is 2. The monoisotopic (exact) mass is 189 g/mol. The Morgan fingerprint density at radius 2 is 2.50 bits per heavy atom. The molecular weight excluding hydrogens is 178 g/mol. The molecule has 0 radical (unpaired) electrons. The first-order chi connectivity index (χ1) is 6.85. The van der Waals surface area contributed by atoms with Crippen molar-refractivity contribution in [2.24, 2.45) is 0 Å². The van der Waals surface area contributed by atoms with E-state index >= 15 is 0 Å². The Hall–Kier alpha value is -1.84. The SMILES string of the molecule is CCNc1c[nH]c2ncc(C=O)cc12. The smallest absolute Gasteiger partial charge is 0.151 e. The van der Waals surface area contributed by atoms with Gasteiger partial charge >= 0.3 is 0 Å². The molecule has 0 saturated carbocycles. The summed E-state index contributed by atoms with van der Waals surface area (Å²) in [4.78, 5) is 17.7. The number of carbonyl (C=O) groups excluding carboxylic acids is 1. The molecule has 0 aliphatic carbocycles. The molecule has 0 spiro atoms. The minimum atomic E-state index is 0.594. The van der Waals surface area contributed by atoms with E-state index < -0.39 is 0 Å². The van der Waals surface area contributed by atoms with Crippen LogP contribution in [0, 0.1) is 0 Å². The summed E-state index contributed by atoms with van der Waals surface area (Å²) >= 11 is 0. The number of nitrogens with one attached hydrogen (secondary N) is 2. The normalized spacial score (nSPS) is 10.4. The number of fused-ring (bicyclic) bond motifs is 1. The Morgan fingerprint density at radius 3 is 3.21 bits per heavy atom. The maximum Gasteiger partial charge on any atom is 0.151 e. The molecule has 0 saturated heterocycles. The topological polar surface area (TPSA) is 57.8 Å². The molecule has 2 rings (SSSR count). The van der Waals surface area contributed by atoms with Crippen molar-refractivity contribution in [1.82, 2.24) is 9.97 Å². The van der Waals surface area contributed by atoms with Crippen LogP contribution >= 0.6 is 0 Å². The van der Waals surface area contributed by atoms with Crippen LogP contribution in [0.1, 0.15) is 17.3 Å². The van der Waals surface area contributed by atoms with Crippen LogP contribution in [0.5, 0.6) is 0 Å². The van der Waals surface area contributed by atoms with E-state index in [9.17, 15) is 4.79 Å². The molecule has 14 heavy (non-hydrogen) atoms. The van der Waals surface area contributed by atoms with Gasteiger partial charge in [0.25, 0.3) is 0 Å². The standard InChI is InChI=1S/C10H11N3O/c1-2-11-9-5-13-10-8(9)3-7(6-14)4-12-10/h3-6,11H,2H2,1H3,(H,12,13). The van der Waals surface area contributed by atoms with Gasteiger partial charge in [-0.2, -0.15) is 0 Å². The van der Waals surface area contributed by atoms with Crippen LogP contribution in [0.25, 0.3) is 11.0 Å². The van der Waals surface area contributed by atoms with E-state index in [0.29, 0.717) is 5.56 Å². The Labute approximate surface area is 81.3 Å². The number of rotatable bonds is 3. The maximum absolute atomic E-state index is 10.6. The van der Waals surface area contributed by atoms with Crippen molar-refractivity contribution in [1.29, 1.82) is 0 Å². The Morgan fingerprint density at radius 1 is 1.64 bits per heavy atom. The molecular formula is C10H11N3O. The first kappa shape index (κ1) is 8.74. The summed E-state index contributed by atoms with van der Waals surface area (Å²) in [6.45, 7) is 2.87. The van der Waals surface area contributed by atoms with Gasteiger partial charge in [-0.3, -0.25) is 4.79 Å². The van der Waals surface area contributed by atoms with E-state index in [4.69, 9.17) is 0 Å². The van der Waals surface area contributed by atoms with Crippen molar-refractivity contribution in [3.8, 4) is 0 Å². The van der Waals surface area contributed by atoms with Crippen molar-refractivity contribution >= 4 is 23.0 Å². The number of hydrogen-bond donors (Lipinski definition) is 2. The number of hydrogen-bond acceptors (Lipinski definition) is 3. The van der Waals surface area contributed by atoms with Crippen molar-refractivity contribution in [2.75, 3.05) is 11.9 Å². The fraction of sp³-hybridized carbons (Fsp3) is 0.200. The van der Waals surface area contributed by atoms with Gasteiger partial charge < -0.3 is 10.3 Å². The third-order valence-corrected chi connectivity index (χ3v) is 2.06. The summed E-state index contributed by atoms with van der Waals surface area (Å²) in [5.74, 6) is 0. The lowest BCUT2D eigenvalue weighted by atomic mass is 10.2. The van der Waals surface area contributed by atoms with Gasteiger partial charge in [0.1, 0.15) is 5.65 Å². The zero-order chi connectivity index (χ0) is 9.97. The van der Waals surface area contributed by atoms with Crippen LogP contribution < -0.4 is 5.32 Å². The predicted octanol–water partition coefficient (Wildman–Crippen LogP) is 1.81. The van der Waals surface area contributed by atoms with Gasteiger partial charge in [-0.05, 0) is 13.0 Å². The molecule has 0 atom stereocenters. The minimum absolute atomic E-state index is 0.594. The Kier molecular flexibility index (Phi) is 2.18. The molecule has 2 aromatic heterocycles. The van der Waals surface area contributed by atoms with Gasteiger partial charge in [0.05, 0.1) is 5.69 Å². The molecule has 0 unspecified atom stereocenters. The molecule has 0 amide bonds. The summed E-state index contributed by atoms with van der Waals surface area (Å²) in [5, 5.41) is 4.15. The van der Waals surface area contributed by atoms with Crippen molar-refractivity contribution in [3.63, 3.8) is 0 Å². The lowest BCUT2D eigenvalue weighted by molar-refractivity contribution is 0.112. The van der Waals surface area contributed by atoms with Gasteiger partial charge in [0.2, 0.25) is 0 Å². The lowest BCUT2D eigenvalue weighted by Crippen LogP contribution is -1.95. The van der Waals surface area contributed by atoms with Crippen LogP contribution in [-0.2, 0) is 0 Å². The van der Waals surface area contributed by atoms with Crippen LogP contribution in [0.3, 0.4) is 0 Å². The molecule has 2 heterocycles. The van der Waals surface area contributed by atoms with Crippen molar-refractivity contribution < 1.29 is 4.79 Å². The molecule has 0 aliphatic rings. The summed E-state index contributed by atoms with van der Waals surface area (Å²) in [6.07, 6.45) is 4.21. The largest absolute Gasteiger partial charge is 0.384 e. The molecule has 0 aliphatic heterocycles. The van der Waals surface area contributed by atoms with E-state index in [1.807, 2.05) is 19.2 Å². The maximum atomic E-state index is 10.6. The number of carbonyl (C=O) groups is 1. The predicted molar refractivity (Wildman–Crippen MR) is 55.6 cm³/mol. The molecule has 2 N–H and O–H groups in total. The van der Waals surface area contributed by atoms with Crippen LogP contribution in [0.15, 0.2) is 18.5 Å². The molecule has 2 aromatic rings. The first-order valence-corrected chi connectivity index (χ1v) is 4.51. The van der Waals surface area contributed by atoms with E-state index in [0.717, 1.165) is 29.6 Å². The Bertz CT molecular complexity index is 461. The van der Waals surface area contributed by atoms with Gasteiger partial charge in [0, 0.05) is 29.9 Å². The van der Waals surface area contributed by atoms with E-state index in [-0.39, 0.29) is 0 Å². The van der Waals surface area contributed by atoms with Gasteiger partial charge in [-0.15, -0.1) is 0 Å². The highest BCUT2D eigenvalue weighted by atomic mass is 16.1. The third kappa shape index (κ3) is 1.35. The quantitative estimate of drug-likeness (QED) is 0.724. The number of aldehydes is 1. The number of aromatic amines is 1. The highest BCUT2D eigenvalue weighted by Gasteiger charge is 2.03. The van der Waals surface area contributed by atoms with Crippen molar-refractivity contribution in [3.05, 3.63) is 24.0 Å². The molecule has 72 valence electrons. The van der Waals surface area contributed by atoms with Crippen molar-refractivity contribution in [2.45, 2.75) is 6.92 Å². The number of nitrogens with zero attached hydrogens (tertiary/aromatic N) is 1. The van der Waals surface area contributed by atoms with E-state index in [1.165, 1.54) is 0 Å².